The minimum absolute atomic E-state index is 0.122. The monoisotopic (exact) mass is 259 g/mol. The number of rotatable bonds is 3. The fourth-order valence-electron chi connectivity index (χ4n) is 1.22. The summed E-state index contributed by atoms with van der Waals surface area (Å²) in [6.07, 6.45) is 1.38. The van der Waals surface area contributed by atoms with Gasteiger partial charge in [0, 0.05) is 13.1 Å². The highest BCUT2D eigenvalue weighted by Crippen LogP contribution is 2.21. The number of hydrogen-bond donors (Lipinski definition) is 1. The Balaban J connectivity index is 3.02. The summed E-state index contributed by atoms with van der Waals surface area (Å²) in [5.41, 5.74) is 0.516. The van der Waals surface area contributed by atoms with Gasteiger partial charge in [0.05, 0.1) is 11.9 Å². The molecule has 1 rings (SSSR count). The third kappa shape index (κ3) is 3.07. The fraction of sp³-hybridized carbons (Fsp3) is 0.727. The van der Waals surface area contributed by atoms with E-state index in [4.69, 9.17) is 0 Å². The topological polar surface area (TPSA) is 64.0 Å². The molecular formula is C11H21N3O2S. The third-order valence-corrected chi connectivity index (χ3v) is 4.75. The Kier molecular flexibility index (Phi) is 3.69. The van der Waals surface area contributed by atoms with E-state index >= 15 is 0 Å². The Morgan fingerprint density at radius 2 is 1.94 bits per heavy atom. The fourth-order valence-corrected chi connectivity index (χ4v) is 2.87. The first-order valence-corrected chi connectivity index (χ1v) is 7.05. The summed E-state index contributed by atoms with van der Waals surface area (Å²) >= 11 is 0. The van der Waals surface area contributed by atoms with E-state index in [0.717, 1.165) is 0 Å². The second-order valence-corrected chi connectivity index (χ2v) is 7.11. The number of aryl methyl sites for hydroxylation is 1. The summed E-state index contributed by atoms with van der Waals surface area (Å²) in [4.78, 5) is 0.246. The number of nitrogens with zero attached hydrogens (tertiary/aromatic N) is 2. The summed E-state index contributed by atoms with van der Waals surface area (Å²) < 4.78 is 28.6. The number of aromatic nitrogens is 2. The van der Waals surface area contributed by atoms with Gasteiger partial charge < -0.3 is 0 Å². The molecule has 0 saturated carbocycles. The van der Waals surface area contributed by atoms with E-state index in [9.17, 15) is 8.42 Å². The van der Waals surface area contributed by atoms with E-state index in [0.29, 0.717) is 5.69 Å². The molecule has 0 saturated heterocycles. The molecule has 1 aromatic heterocycles. The highest BCUT2D eigenvalue weighted by Gasteiger charge is 2.27. The van der Waals surface area contributed by atoms with Crippen molar-refractivity contribution in [2.24, 2.45) is 12.5 Å². The molecule has 0 spiro atoms. The van der Waals surface area contributed by atoms with Gasteiger partial charge in [-0.15, -0.1) is 0 Å². The third-order valence-electron chi connectivity index (χ3n) is 3.11. The summed E-state index contributed by atoms with van der Waals surface area (Å²) in [6, 6.07) is -0.146. The SMILES string of the molecule is Cc1c(S(=O)(=O)NC(C)C(C)(C)C)cnn1C. The number of sulfonamides is 1. The van der Waals surface area contributed by atoms with Gasteiger partial charge in [-0.1, -0.05) is 20.8 Å². The molecule has 1 N–H and O–H groups in total. The maximum Gasteiger partial charge on any atom is 0.244 e. The average Bonchev–Trinajstić information content (AvgIpc) is 2.45. The van der Waals surface area contributed by atoms with Crippen LogP contribution in [0.2, 0.25) is 0 Å². The van der Waals surface area contributed by atoms with E-state index in [2.05, 4.69) is 9.82 Å². The van der Waals surface area contributed by atoms with Crippen LogP contribution in [0.3, 0.4) is 0 Å². The van der Waals surface area contributed by atoms with Crippen molar-refractivity contribution in [1.82, 2.24) is 14.5 Å². The minimum atomic E-state index is -3.49. The van der Waals surface area contributed by atoms with Crippen molar-refractivity contribution >= 4 is 10.0 Å². The molecule has 0 amide bonds. The lowest BCUT2D eigenvalue weighted by atomic mass is 9.89. The summed E-state index contributed by atoms with van der Waals surface area (Å²) in [5.74, 6) is 0. The Labute approximate surface area is 103 Å². The van der Waals surface area contributed by atoms with Crippen molar-refractivity contribution in [2.75, 3.05) is 0 Å². The first-order chi connectivity index (χ1) is 7.55. The Bertz CT molecular complexity index is 497. The van der Waals surface area contributed by atoms with Crippen LogP contribution in [0, 0.1) is 12.3 Å². The summed E-state index contributed by atoms with van der Waals surface area (Å²) in [5, 5.41) is 3.95. The molecule has 0 aliphatic heterocycles. The molecule has 1 heterocycles. The number of nitrogens with one attached hydrogen (secondary N) is 1. The van der Waals surface area contributed by atoms with Crippen LogP contribution < -0.4 is 4.72 Å². The zero-order valence-electron chi connectivity index (χ0n) is 11.3. The van der Waals surface area contributed by atoms with Gasteiger partial charge in [0.15, 0.2) is 0 Å². The first kappa shape index (κ1) is 14.2. The Morgan fingerprint density at radius 1 is 1.41 bits per heavy atom. The van der Waals surface area contributed by atoms with Crippen molar-refractivity contribution in [3.8, 4) is 0 Å². The molecule has 1 unspecified atom stereocenters. The van der Waals surface area contributed by atoms with Gasteiger partial charge in [-0.05, 0) is 19.3 Å². The molecule has 0 fully saturated rings. The van der Waals surface area contributed by atoms with E-state index in [1.807, 2.05) is 27.7 Å². The molecule has 0 aliphatic carbocycles. The van der Waals surface area contributed by atoms with Crippen LogP contribution in [0.1, 0.15) is 33.4 Å². The second kappa shape index (κ2) is 4.42. The Morgan fingerprint density at radius 3 is 2.29 bits per heavy atom. The minimum Gasteiger partial charge on any atom is -0.272 e. The normalized spacial score (nSPS) is 14.9. The molecular weight excluding hydrogens is 238 g/mol. The lowest BCUT2D eigenvalue weighted by Gasteiger charge is -2.27. The van der Waals surface area contributed by atoms with Gasteiger partial charge >= 0.3 is 0 Å². The van der Waals surface area contributed by atoms with Crippen LogP contribution in [0.15, 0.2) is 11.1 Å². The zero-order chi connectivity index (χ0) is 13.4. The van der Waals surface area contributed by atoms with E-state index in [-0.39, 0.29) is 16.4 Å². The van der Waals surface area contributed by atoms with E-state index < -0.39 is 10.0 Å². The van der Waals surface area contributed by atoms with E-state index in [1.165, 1.54) is 6.20 Å². The molecule has 1 atom stereocenters. The Hall–Kier alpha value is -0.880. The maximum atomic E-state index is 12.2. The van der Waals surface area contributed by atoms with Crippen molar-refractivity contribution in [3.05, 3.63) is 11.9 Å². The number of hydrogen-bond acceptors (Lipinski definition) is 3. The molecule has 1 aromatic rings. The van der Waals surface area contributed by atoms with Gasteiger partial charge in [0.1, 0.15) is 4.90 Å². The molecule has 5 nitrogen and oxygen atoms in total. The van der Waals surface area contributed by atoms with Crippen molar-refractivity contribution < 1.29 is 8.42 Å². The van der Waals surface area contributed by atoms with Crippen LogP contribution in [-0.4, -0.2) is 24.2 Å². The van der Waals surface area contributed by atoms with Gasteiger partial charge in [-0.2, -0.15) is 5.10 Å². The van der Waals surface area contributed by atoms with Gasteiger partial charge in [-0.3, -0.25) is 4.68 Å². The lowest BCUT2D eigenvalue weighted by molar-refractivity contribution is 0.317. The van der Waals surface area contributed by atoms with Crippen molar-refractivity contribution in [2.45, 2.75) is 45.6 Å². The van der Waals surface area contributed by atoms with E-state index in [1.54, 1.807) is 18.7 Å². The average molecular weight is 259 g/mol. The zero-order valence-corrected chi connectivity index (χ0v) is 12.1. The largest absolute Gasteiger partial charge is 0.272 e. The summed E-state index contributed by atoms with van der Waals surface area (Å²) in [7, 11) is -1.76. The van der Waals surface area contributed by atoms with Crippen LogP contribution in [-0.2, 0) is 17.1 Å². The van der Waals surface area contributed by atoms with Gasteiger partial charge in [-0.25, -0.2) is 13.1 Å². The molecule has 0 aromatic carbocycles. The van der Waals surface area contributed by atoms with Crippen molar-refractivity contribution in [3.63, 3.8) is 0 Å². The predicted molar refractivity (Wildman–Crippen MR) is 67.2 cm³/mol. The standard InChI is InChI=1S/C11H21N3O2S/c1-8-10(7-12-14(8)6)17(15,16)13-9(2)11(3,4)5/h7,9,13H,1-6H3. The predicted octanol–water partition coefficient (Wildman–Crippen LogP) is 1.44. The lowest BCUT2D eigenvalue weighted by Crippen LogP contribution is -2.41. The quantitative estimate of drug-likeness (QED) is 0.893. The van der Waals surface area contributed by atoms with Crippen LogP contribution in [0.25, 0.3) is 0 Å². The van der Waals surface area contributed by atoms with Crippen LogP contribution in [0.4, 0.5) is 0 Å². The highest BCUT2D eigenvalue weighted by atomic mass is 32.2. The van der Waals surface area contributed by atoms with Gasteiger partial charge in [0.25, 0.3) is 0 Å². The highest BCUT2D eigenvalue weighted by molar-refractivity contribution is 7.89. The maximum absolute atomic E-state index is 12.2. The van der Waals surface area contributed by atoms with Crippen LogP contribution >= 0.6 is 0 Å². The first-order valence-electron chi connectivity index (χ1n) is 5.56. The van der Waals surface area contributed by atoms with Crippen molar-refractivity contribution in [1.29, 1.82) is 0 Å². The van der Waals surface area contributed by atoms with Crippen LogP contribution in [0.5, 0.6) is 0 Å². The smallest absolute Gasteiger partial charge is 0.244 e. The second-order valence-electron chi connectivity index (χ2n) is 5.43. The molecule has 0 bridgehead atoms. The van der Waals surface area contributed by atoms with Gasteiger partial charge in [0.2, 0.25) is 10.0 Å². The molecule has 17 heavy (non-hydrogen) atoms. The summed E-state index contributed by atoms with van der Waals surface area (Å²) in [6.45, 7) is 9.59. The molecule has 0 radical (unpaired) electrons. The molecule has 6 heteroatoms. The molecule has 0 aliphatic rings. The molecule has 98 valence electrons.